The van der Waals surface area contributed by atoms with Gasteiger partial charge in [0.1, 0.15) is 16.7 Å². The van der Waals surface area contributed by atoms with E-state index in [1.54, 1.807) is 12.3 Å². The van der Waals surface area contributed by atoms with Gasteiger partial charge in [-0.15, -0.1) is 0 Å². The van der Waals surface area contributed by atoms with Crippen molar-refractivity contribution in [2.45, 2.75) is 19.4 Å². The third-order valence-electron chi connectivity index (χ3n) is 4.76. The van der Waals surface area contributed by atoms with E-state index in [-0.39, 0.29) is 5.91 Å². The van der Waals surface area contributed by atoms with Crippen LogP contribution in [0.25, 0.3) is 11.0 Å². The number of aromatic nitrogens is 3. The van der Waals surface area contributed by atoms with Crippen LogP contribution in [0, 0.1) is 5.92 Å². The second-order valence-corrected chi connectivity index (χ2v) is 6.59. The average Bonchev–Trinajstić information content (AvgIpc) is 3.32. The fourth-order valence-electron chi connectivity index (χ4n) is 3.50. The highest BCUT2D eigenvalue weighted by Gasteiger charge is 2.22. The number of aromatic amines is 1. The molecule has 3 heterocycles. The van der Waals surface area contributed by atoms with E-state index in [0.717, 1.165) is 49.1 Å². The van der Waals surface area contributed by atoms with E-state index in [1.807, 2.05) is 18.2 Å². The van der Waals surface area contributed by atoms with Crippen molar-refractivity contribution in [1.29, 1.82) is 0 Å². The van der Waals surface area contributed by atoms with Gasteiger partial charge in [0.2, 0.25) is 0 Å². The summed E-state index contributed by atoms with van der Waals surface area (Å²) in [4.78, 5) is 17.4. The molecular formula is C18H21N5O2. The van der Waals surface area contributed by atoms with Crippen LogP contribution in [-0.2, 0) is 6.54 Å². The van der Waals surface area contributed by atoms with Crippen molar-refractivity contribution in [3.05, 3.63) is 47.8 Å². The predicted octanol–water partition coefficient (Wildman–Crippen LogP) is 2.19. The highest BCUT2D eigenvalue weighted by molar-refractivity contribution is 5.92. The number of likely N-dealkylation sites (tertiary alicyclic amines) is 1. The summed E-state index contributed by atoms with van der Waals surface area (Å²) in [5.74, 6) is 0.419. The minimum Gasteiger partial charge on any atom is -0.357 e. The fourth-order valence-corrected chi connectivity index (χ4v) is 3.50. The average molecular weight is 339 g/mol. The maximum Gasteiger partial charge on any atom is 0.267 e. The third-order valence-corrected chi connectivity index (χ3v) is 4.76. The molecule has 130 valence electrons. The molecule has 3 aromatic rings. The molecule has 2 aromatic heterocycles. The molecule has 0 unspecified atom stereocenters. The first kappa shape index (κ1) is 15.8. The number of piperidine rings is 1. The van der Waals surface area contributed by atoms with Gasteiger partial charge in [0.25, 0.3) is 5.91 Å². The zero-order chi connectivity index (χ0) is 17.1. The van der Waals surface area contributed by atoms with Gasteiger partial charge >= 0.3 is 0 Å². The molecule has 1 aliphatic heterocycles. The largest absolute Gasteiger partial charge is 0.357 e. The summed E-state index contributed by atoms with van der Waals surface area (Å²) >= 11 is 0. The van der Waals surface area contributed by atoms with Gasteiger partial charge in [-0.05, 0) is 59.4 Å². The molecule has 1 fully saturated rings. The summed E-state index contributed by atoms with van der Waals surface area (Å²) in [5, 5.41) is 11.0. The Bertz CT molecular complexity index is 842. The van der Waals surface area contributed by atoms with Gasteiger partial charge in [0, 0.05) is 25.8 Å². The number of hydrogen-bond donors (Lipinski definition) is 2. The van der Waals surface area contributed by atoms with Crippen molar-refractivity contribution in [3.8, 4) is 0 Å². The van der Waals surface area contributed by atoms with E-state index >= 15 is 0 Å². The number of amides is 1. The van der Waals surface area contributed by atoms with Crippen molar-refractivity contribution in [1.82, 2.24) is 25.5 Å². The normalized spacial score (nSPS) is 18.5. The highest BCUT2D eigenvalue weighted by atomic mass is 16.6. The molecule has 0 radical (unpaired) electrons. The molecule has 4 rings (SSSR count). The van der Waals surface area contributed by atoms with Gasteiger partial charge in [-0.3, -0.25) is 9.69 Å². The number of nitrogens with one attached hydrogen (secondary N) is 2. The first-order chi connectivity index (χ1) is 12.3. The van der Waals surface area contributed by atoms with Crippen LogP contribution in [0.5, 0.6) is 0 Å². The van der Waals surface area contributed by atoms with E-state index < -0.39 is 0 Å². The van der Waals surface area contributed by atoms with Crippen molar-refractivity contribution in [2.24, 2.45) is 5.92 Å². The van der Waals surface area contributed by atoms with E-state index in [0.29, 0.717) is 18.2 Å². The summed E-state index contributed by atoms with van der Waals surface area (Å²) in [5.41, 5.74) is 3.38. The molecule has 1 amide bonds. The second-order valence-electron chi connectivity index (χ2n) is 6.59. The third kappa shape index (κ3) is 3.56. The molecule has 0 aliphatic carbocycles. The maximum absolute atomic E-state index is 12.1. The van der Waals surface area contributed by atoms with Crippen molar-refractivity contribution in [2.75, 3.05) is 19.6 Å². The Hall–Kier alpha value is -2.67. The monoisotopic (exact) mass is 339 g/mol. The van der Waals surface area contributed by atoms with Crippen LogP contribution in [0.2, 0.25) is 0 Å². The SMILES string of the molecule is O=C(NC[C@H]1CCCN(Cc2cccc3nonc23)C1)c1ccc[nH]1. The number of H-pyrrole nitrogens is 1. The molecule has 1 saturated heterocycles. The van der Waals surface area contributed by atoms with Gasteiger partial charge in [-0.2, -0.15) is 0 Å². The number of carbonyl (C=O) groups is 1. The molecule has 1 aliphatic rings. The molecule has 1 atom stereocenters. The number of rotatable bonds is 5. The Morgan fingerprint density at radius 2 is 2.28 bits per heavy atom. The quantitative estimate of drug-likeness (QED) is 0.744. The number of carbonyl (C=O) groups excluding carboxylic acids is 1. The summed E-state index contributed by atoms with van der Waals surface area (Å²) in [6.07, 6.45) is 4.03. The van der Waals surface area contributed by atoms with Gasteiger partial charge in [-0.1, -0.05) is 12.1 Å². The van der Waals surface area contributed by atoms with E-state index in [2.05, 4.69) is 31.6 Å². The number of nitrogens with zero attached hydrogens (tertiary/aromatic N) is 3. The van der Waals surface area contributed by atoms with Crippen molar-refractivity contribution < 1.29 is 9.42 Å². The lowest BCUT2D eigenvalue weighted by molar-refractivity contribution is 0.0926. The molecule has 1 aromatic carbocycles. The zero-order valence-electron chi connectivity index (χ0n) is 13.9. The molecule has 2 N–H and O–H groups in total. The van der Waals surface area contributed by atoms with Crippen LogP contribution in [0.1, 0.15) is 28.9 Å². The minimum absolute atomic E-state index is 0.0411. The standard InChI is InChI=1S/C18H21N5O2/c24-18(16-7-2-8-19-16)20-10-13-4-3-9-23(11-13)12-14-5-1-6-15-17(14)22-25-21-15/h1-2,5-8,13,19H,3-4,9-12H2,(H,20,24)/t13-/m1/s1. The lowest BCUT2D eigenvalue weighted by atomic mass is 9.97. The van der Waals surface area contributed by atoms with Crippen LogP contribution in [0.15, 0.2) is 41.2 Å². The lowest BCUT2D eigenvalue weighted by Crippen LogP contribution is -2.40. The molecule has 7 nitrogen and oxygen atoms in total. The first-order valence-corrected chi connectivity index (χ1v) is 8.64. The molecular weight excluding hydrogens is 318 g/mol. The van der Waals surface area contributed by atoms with Crippen LogP contribution >= 0.6 is 0 Å². The second kappa shape index (κ2) is 7.06. The van der Waals surface area contributed by atoms with Gasteiger partial charge < -0.3 is 10.3 Å². The van der Waals surface area contributed by atoms with Crippen LogP contribution < -0.4 is 5.32 Å². The van der Waals surface area contributed by atoms with Crippen LogP contribution in [0.4, 0.5) is 0 Å². The van der Waals surface area contributed by atoms with E-state index in [4.69, 9.17) is 4.63 Å². The van der Waals surface area contributed by atoms with Gasteiger partial charge in [0.05, 0.1) is 0 Å². The van der Waals surface area contributed by atoms with Gasteiger partial charge in [0.15, 0.2) is 0 Å². The highest BCUT2D eigenvalue weighted by Crippen LogP contribution is 2.21. The lowest BCUT2D eigenvalue weighted by Gasteiger charge is -2.32. The molecule has 0 saturated carbocycles. The summed E-state index contributed by atoms with van der Waals surface area (Å²) < 4.78 is 4.85. The Morgan fingerprint density at radius 3 is 3.16 bits per heavy atom. The predicted molar refractivity (Wildman–Crippen MR) is 92.9 cm³/mol. The molecule has 0 bridgehead atoms. The van der Waals surface area contributed by atoms with E-state index in [1.165, 1.54) is 0 Å². The smallest absolute Gasteiger partial charge is 0.267 e. The fraction of sp³-hybridized carbons (Fsp3) is 0.389. The Labute approximate surface area is 145 Å². The summed E-state index contributed by atoms with van der Waals surface area (Å²) in [6.45, 7) is 3.55. The van der Waals surface area contributed by atoms with E-state index in [9.17, 15) is 4.79 Å². The molecule has 25 heavy (non-hydrogen) atoms. The van der Waals surface area contributed by atoms with Crippen molar-refractivity contribution in [3.63, 3.8) is 0 Å². The Morgan fingerprint density at radius 1 is 1.32 bits per heavy atom. The van der Waals surface area contributed by atoms with Gasteiger partial charge in [-0.25, -0.2) is 4.63 Å². The first-order valence-electron chi connectivity index (χ1n) is 8.64. The Kier molecular flexibility index (Phi) is 4.47. The van der Waals surface area contributed by atoms with Crippen LogP contribution in [0.3, 0.4) is 0 Å². The minimum atomic E-state index is -0.0411. The summed E-state index contributed by atoms with van der Waals surface area (Å²) in [6, 6.07) is 9.58. The number of benzene rings is 1. The molecule has 7 heteroatoms. The number of fused-ring (bicyclic) bond motifs is 1. The Balaban J connectivity index is 1.35. The maximum atomic E-state index is 12.1. The zero-order valence-corrected chi connectivity index (χ0v) is 13.9. The van der Waals surface area contributed by atoms with Crippen LogP contribution in [-0.4, -0.2) is 45.7 Å². The topological polar surface area (TPSA) is 87.1 Å². The van der Waals surface area contributed by atoms with Crippen molar-refractivity contribution >= 4 is 16.9 Å². The number of hydrogen-bond acceptors (Lipinski definition) is 5. The summed E-state index contributed by atoms with van der Waals surface area (Å²) in [7, 11) is 0. The molecule has 0 spiro atoms.